The van der Waals surface area contributed by atoms with E-state index in [-0.39, 0.29) is 4.45 Å². The van der Waals surface area contributed by atoms with Crippen molar-refractivity contribution < 1.29 is 0 Å². The molecule has 1 nitrogen and oxygen atoms in total. The first-order valence-corrected chi connectivity index (χ1v) is 4.76. The van der Waals surface area contributed by atoms with Gasteiger partial charge in [0.1, 0.15) is 4.45 Å². The van der Waals surface area contributed by atoms with E-state index in [1.54, 1.807) is 0 Å². The number of nitrogens with zero attached hydrogens (tertiary/aromatic N) is 1. The van der Waals surface area contributed by atoms with Gasteiger partial charge in [-0.05, 0) is 25.5 Å². The molecule has 0 bridgehead atoms. The molecule has 62 valence electrons. The topological polar surface area (TPSA) is 12.4 Å². The highest BCUT2D eigenvalue weighted by Gasteiger charge is 2.25. The molecule has 1 atom stereocenters. The Morgan fingerprint density at radius 1 is 1.33 bits per heavy atom. The van der Waals surface area contributed by atoms with E-state index in [9.17, 15) is 0 Å². The van der Waals surface area contributed by atoms with Crippen LogP contribution in [0.25, 0.3) is 5.57 Å². The van der Waals surface area contributed by atoms with Crippen LogP contribution in [0.3, 0.4) is 0 Å². The summed E-state index contributed by atoms with van der Waals surface area (Å²) in [4.78, 5) is 4.54. The summed E-state index contributed by atoms with van der Waals surface area (Å²) in [6.07, 6.45) is 0. The van der Waals surface area contributed by atoms with Gasteiger partial charge in [-0.1, -0.05) is 34.1 Å². The molecule has 1 heterocycles. The van der Waals surface area contributed by atoms with E-state index in [1.807, 2.05) is 18.2 Å². The molecule has 0 saturated heterocycles. The van der Waals surface area contributed by atoms with E-state index >= 15 is 0 Å². The SMILES string of the molecule is CC1=c2ccccc2=NC1(C)Br. The summed E-state index contributed by atoms with van der Waals surface area (Å²) in [7, 11) is 0. The Bertz CT molecular complexity index is 431. The molecule has 2 heteroatoms. The van der Waals surface area contributed by atoms with Gasteiger partial charge in [-0.2, -0.15) is 0 Å². The highest BCUT2D eigenvalue weighted by molar-refractivity contribution is 9.10. The predicted octanol–water partition coefficient (Wildman–Crippen LogP) is 1.60. The van der Waals surface area contributed by atoms with Gasteiger partial charge in [0.05, 0.1) is 5.36 Å². The van der Waals surface area contributed by atoms with E-state index in [4.69, 9.17) is 0 Å². The van der Waals surface area contributed by atoms with Crippen molar-refractivity contribution in [3.63, 3.8) is 0 Å². The van der Waals surface area contributed by atoms with Crippen molar-refractivity contribution >= 4 is 21.5 Å². The van der Waals surface area contributed by atoms with Crippen LogP contribution < -0.4 is 10.6 Å². The number of halogens is 1. The van der Waals surface area contributed by atoms with E-state index in [1.165, 1.54) is 10.8 Å². The van der Waals surface area contributed by atoms with Gasteiger partial charge in [0.2, 0.25) is 0 Å². The van der Waals surface area contributed by atoms with Gasteiger partial charge in [0.15, 0.2) is 0 Å². The third-order valence-corrected chi connectivity index (χ3v) is 3.09. The smallest absolute Gasteiger partial charge is 0.135 e. The van der Waals surface area contributed by atoms with Crippen LogP contribution in [-0.4, -0.2) is 4.45 Å². The second-order valence-electron chi connectivity index (χ2n) is 3.21. The Morgan fingerprint density at radius 2 is 2.00 bits per heavy atom. The van der Waals surface area contributed by atoms with Crippen molar-refractivity contribution in [3.05, 3.63) is 34.8 Å². The van der Waals surface area contributed by atoms with E-state index in [0.29, 0.717) is 0 Å². The van der Waals surface area contributed by atoms with Crippen LogP contribution in [0, 0.1) is 0 Å². The van der Waals surface area contributed by atoms with Gasteiger partial charge in [-0.3, -0.25) is 4.99 Å². The fraction of sp³-hybridized carbons (Fsp3) is 0.300. The molecule has 0 fully saturated rings. The number of rotatable bonds is 0. The molecule has 0 amide bonds. The maximum Gasteiger partial charge on any atom is 0.135 e. The number of fused-ring (bicyclic) bond motifs is 1. The monoisotopic (exact) mass is 223 g/mol. The fourth-order valence-electron chi connectivity index (χ4n) is 1.44. The highest BCUT2D eigenvalue weighted by Crippen LogP contribution is 2.29. The zero-order valence-electron chi connectivity index (χ0n) is 7.13. The highest BCUT2D eigenvalue weighted by atomic mass is 79.9. The van der Waals surface area contributed by atoms with Crippen LogP contribution in [0.1, 0.15) is 13.8 Å². The Balaban J connectivity index is 2.90. The lowest BCUT2D eigenvalue weighted by Crippen LogP contribution is -2.21. The minimum absolute atomic E-state index is 0.184. The Hall–Kier alpha value is -0.630. The van der Waals surface area contributed by atoms with Crippen LogP contribution >= 0.6 is 15.9 Å². The molecule has 1 aliphatic rings. The van der Waals surface area contributed by atoms with Crippen molar-refractivity contribution in [1.29, 1.82) is 0 Å². The zero-order valence-corrected chi connectivity index (χ0v) is 8.72. The third kappa shape index (κ3) is 1.02. The van der Waals surface area contributed by atoms with Crippen LogP contribution in [0.5, 0.6) is 0 Å². The molecule has 0 N–H and O–H groups in total. The molecule has 1 aliphatic heterocycles. The fourth-order valence-corrected chi connectivity index (χ4v) is 1.85. The number of hydrogen-bond acceptors (Lipinski definition) is 1. The summed E-state index contributed by atoms with van der Waals surface area (Å²) in [6.45, 7) is 4.19. The van der Waals surface area contributed by atoms with Crippen LogP contribution in [0.4, 0.5) is 0 Å². The Morgan fingerprint density at radius 3 is 2.67 bits per heavy atom. The molecule has 0 aliphatic carbocycles. The molecule has 2 rings (SSSR count). The lowest BCUT2D eigenvalue weighted by atomic mass is 10.1. The van der Waals surface area contributed by atoms with Crippen molar-refractivity contribution in [1.82, 2.24) is 0 Å². The summed E-state index contributed by atoms with van der Waals surface area (Å²) in [5.74, 6) is 0. The molecule has 12 heavy (non-hydrogen) atoms. The number of hydrogen-bond donors (Lipinski definition) is 0. The summed E-state index contributed by atoms with van der Waals surface area (Å²) in [6, 6.07) is 8.22. The minimum Gasteiger partial charge on any atom is -0.262 e. The molecule has 0 saturated carbocycles. The van der Waals surface area contributed by atoms with Crippen molar-refractivity contribution in [2.45, 2.75) is 18.3 Å². The molecule has 1 aromatic rings. The maximum absolute atomic E-state index is 4.54. The zero-order chi connectivity index (χ0) is 8.77. The summed E-state index contributed by atoms with van der Waals surface area (Å²) >= 11 is 3.58. The second kappa shape index (κ2) is 2.43. The van der Waals surface area contributed by atoms with Crippen molar-refractivity contribution in [2.75, 3.05) is 0 Å². The van der Waals surface area contributed by atoms with E-state index < -0.39 is 0 Å². The quantitative estimate of drug-likeness (QED) is 0.469. The van der Waals surface area contributed by atoms with Crippen molar-refractivity contribution in [2.24, 2.45) is 4.99 Å². The lowest BCUT2D eigenvalue weighted by Gasteiger charge is -2.12. The maximum atomic E-state index is 4.54. The molecule has 0 aromatic heterocycles. The van der Waals surface area contributed by atoms with Crippen molar-refractivity contribution in [3.8, 4) is 0 Å². The van der Waals surface area contributed by atoms with Gasteiger partial charge in [0, 0.05) is 5.22 Å². The number of para-hydroxylation sites is 1. The lowest BCUT2D eigenvalue weighted by molar-refractivity contribution is 0.872. The van der Waals surface area contributed by atoms with E-state index in [0.717, 1.165) is 5.36 Å². The van der Waals surface area contributed by atoms with Crippen LogP contribution in [-0.2, 0) is 0 Å². The first-order chi connectivity index (χ1) is 5.61. The average Bonchev–Trinajstić information content (AvgIpc) is 2.24. The molecule has 0 radical (unpaired) electrons. The molecular formula is C10H10BrN. The number of alkyl halides is 1. The predicted molar refractivity (Wildman–Crippen MR) is 53.6 cm³/mol. The van der Waals surface area contributed by atoms with Crippen LogP contribution in [0.2, 0.25) is 0 Å². The summed E-state index contributed by atoms with van der Waals surface area (Å²) < 4.78 is -0.184. The second-order valence-corrected chi connectivity index (χ2v) is 4.75. The summed E-state index contributed by atoms with van der Waals surface area (Å²) in [5, 5.41) is 2.35. The Kier molecular flexibility index (Phi) is 1.62. The summed E-state index contributed by atoms with van der Waals surface area (Å²) in [5.41, 5.74) is 1.29. The standard InChI is InChI=1S/C10H10BrN/c1-7-8-5-3-4-6-9(8)12-10(7,2)11/h3-6H,1-2H3. The molecule has 0 spiro atoms. The molecule has 1 aromatic carbocycles. The number of benzene rings is 1. The normalized spacial score (nSPS) is 26.8. The van der Waals surface area contributed by atoms with Crippen LogP contribution in [0.15, 0.2) is 29.3 Å². The largest absolute Gasteiger partial charge is 0.262 e. The Labute approximate surface area is 80.0 Å². The van der Waals surface area contributed by atoms with Gasteiger partial charge in [-0.25, -0.2) is 0 Å². The first-order valence-electron chi connectivity index (χ1n) is 3.96. The minimum atomic E-state index is -0.184. The molecule has 1 unspecified atom stereocenters. The third-order valence-electron chi connectivity index (χ3n) is 2.32. The van der Waals surface area contributed by atoms with E-state index in [2.05, 4.69) is 40.8 Å². The average molecular weight is 224 g/mol. The van der Waals surface area contributed by atoms with Gasteiger partial charge in [0.25, 0.3) is 0 Å². The molecular weight excluding hydrogens is 214 g/mol. The van der Waals surface area contributed by atoms with Gasteiger partial charge in [-0.15, -0.1) is 0 Å². The first kappa shape index (κ1) is 7.99. The van der Waals surface area contributed by atoms with Gasteiger partial charge < -0.3 is 0 Å². The van der Waals surface area contributed by atoms with Gasteiger partial charge >= 0.3 is 0 Å².